The minimum atomic E-state index is 0.103. The second kappa shape index (κ2) is 9.32. The topological polar surface area (TPSA) is 69.9 Å². The van der Waals surface area contributed by atoms with Crippen LogP contribution in [0.15, 0.2) is 30.2 Å². The molecule has 0 radical (unpaired) electrons. The van der Waals surface area contributed by atoms with Crippen LogP contribution in [0.3, 0.4) is 0 Å². The van der Waals surface area contributed by atoms with E-state index in [0.29, 0.717) is 5.69 Å². The molecule has 0 aliphatic carbocycles. The standard InChI is InChI=1S/C22H29N7OS/c30-21(28-8-4-2-1-3-5-9-28)20-18(29-14-15-31-22(29)25-20)17-26-10-12-27(13-11-26)19-16-23-6-7-24-19/h6-7,14-16H,1-5,8-13,17H2. The normalized spacial score (nSPS) is 18.8. The van der Waals surface area contributed by atoms with Gasteiger partial charge in [-0.3, -0.25) is 19.1 Å². The minimum absolute atomic E-state index is 0.103. The average Bonchev–Trinajstić information content (AvgIpc) is 3.37. The number of hydrogen-bond donors (Lipinski definition) is 0. The molecule has 0 N–H and O–H groups in total. The van der Waals surface area contributed by atoms with Crippen molar-refractivity contribution in [3.05, 3.63) is 41.6 Å². The lowest BCUT2D eigenvalue weighted by Crippen LogP contribution is -2.46. The van der Waals surface area contributed by atoms with Crippen molar-refractivity contribution in [2.75, 3.05) is 44.2 Å². The van der Waals surface area contributed by atoms with Crippen LogP contribution in [-0.4, -0.2) is 74.3 Å². The number of likely N-dealkylation sites (tertiary alicyclic amines) is 1. The Morgan fingerprint density at radius 2 is 1.74 bits per heavy atom. The van der Waals surface area contributed by atoms with Crippen LogP contribution in [0.25, 0.3) is 4.96 Å². The maximum Gasteiger partial charge on any atom is 0.274 e. The first kappa shape index (κ1) is 20.4. The summed E-state index contributed by atoms with van der Waals surface area (Å²) < 4.78 is 2.11. The third-order valence-electron chi connectivity index (χ3n) is 6.33. The molecule has 0 aromatic carbocycles. The quantitative estimate of drug-likeness (QED) is 0.623. The highest BCUT2D eigenvalue weighted by Gasteiger charge is 2.27. The van der Waals surface area contributed by atoms with E-state index in [1.165, 1.54) is 19.3 Å². The lowest BCUT2D eigenvalue weighted by Gasteiger charge is -2.35. The Morgan fingerprint density at radius 1 is 0.968 bits per heavy atom. The maximum atomic E-state index is 13.4. The molecule has 2 aliphatic rings. The number of anilines is 1. The highest BCUT2D eigenvalue weighted by atomic mass is 32.1. The predicted molar refractivity (Wildman–Crippen MR) is 122 cm³/mol. The SMILES string of the molecule is O=C(c1nc2sccn2c1CN1CCN(c2cnccn2)CC1)N1CCCCCCC1. The zero-order valence-corrected chi connectivity index (χ0v) is 18.6. The molecule has 164 valence electrons. The number of thiazole rings is 1. The monoisotopic (exact) mass is 439 g/mol. The van der Waals surface area contributed by atoms with Crippen LogP contribution in [-0.2, 0) is 6.54 Å². The van der Waals surface area contributed by atoms with Crippen molar-refractivity contribution < 1.29 is 4.79 Å². The molecule has 2 saturated heterocycles. The fraction of sp³-hybridized carbons (Fsp3) is 0.545. The molecule has 8 nitrogen and oxygen atoms in total. The maximum absolute atomic E-state index is 13.4. The zero-order chi connectivity index (χ0) is 21.0. The van der Waals surface area contributed by atoms with Gasteiger partial charge >= 0.3 is 0 Å². The van der Waals surface area contributed by atoms with Crippen molar-refractivity contribution in [3.8, 4) is 0 Å². The first-order valence-electron chi connectivity index (χ1n) is 11.3. The molecule has 5 rings (SSSR count). The number of fused-ring (bicyclic) bond motifs is 1. The van der Waals surface area contributed by atoms with Crippen LogP contribution in [0.1, 0.15) is 48.3 Å². The van der Waals surface area contributed by atoms with E-state index in [-0.39, 0.29) is 5.91 Å². The zero-order valence-electron chi connectivity index (χ0n) is 17.8. The van der Waals surface area contributed by atoms with Crippen molar-refractivity contribution in [2.45, 2.75) is 38.6 Å². The van der Waals surface area contributed by atoms with E-state index >= 15 is 0 Å². The fourth-order valence-electron chi connectivity index (χ4n) is 4.56. The summed E-state index contributed by atoms with van der Waals surface area (Å²) in [5.74, 6) is 1.03. The van der Waals surface area contributed by atoms with Crippen molar-refractivity contribution in [1.82, 2.24) is 29.2 Å². The first-order valence-corrected chi connectivity index (χ1v) is 12.1. The molecule has 1 amide bonds. The summed E-state index contributed by atoms with van der Waals surface area (Å²) in [5, 5.41) is 2.04. The van der Waals surface area contributed by atoms with Gasteiger partial charge in [-0.1, -0.05) is 19.3 Å². The number of piperazine rings is 1. The van der Waals surface area contributed by atoms with E-state index in [4.69, 9.17) is 4.98 Å². The molecular weight excluding hydrogens is 410 g/mol. The molecule has 0 spiro atoms. The highest BCUT2D eigenvalue weighted by Crippen LogP contribution is 2.23. The lowest BCUT2D eigenvalue weighted by atomic mass is 10.1. The molecule has 2 fully saturated rings. The van der Waals surface area contributed by atoms with Gasteiger partial charge in [0, 0.05) is 69.8 Å². The Balaban J connectivity index is 1.31. The molecule has 3 aromatic heterocycles. The summed E-state index contributed by atoms with van der Waals surface area (Å²) in [5.41, 5.74) is 1.67. The lowest BCUT2D eigenvalue weighted by molar-refractivity contribution is 0.0734. The third-order valence-corrected chi connectivity index (χ3v) is 7.08. The van der Waals surface area contributed by atoms with Crippen LogP contribution in [0.2, 0.25) is 0 Å². The molecule has 0 atom stereocenters. The third kappa shape index (κ3) is 4.43. The van der Waals surface area contributed by atoms with E-state index in [1.54, 1.807) is 23.7 Å². The summed E-state index contributed by atoms with van der Waals surface area (Å²) in [6.07, 6.45) is 13.2. The van der Waals surface area contributed by atoms with Crippen LogP contribution in [0.5, 0.6) is 0 Å². The van der Waals surface area contributed by atoms with Gasteiger partial charge in [0.15, 0.2) is 10.7 Å². The van der Waals surface area contributed by atoms with Crippen molar-refractivity contribution in [3.63, 3.8) is 0 Å². The fourth-order valence-corrected chi connectivity index (χ4v) is 5.29. The van der Waals surface area contributed by atoms with E-state index in [0.717, 1.165) is 75.1 Å². The molecule has 5 heterocycles. The van der Waals surface area contributed by atoms with Gasteiger partial charge in [-0.25, -0.2) is 9.97 Å². The number of carbonyl (C=O) groups is 1. The van der Waals surface area contributed by atoms with Crippen LogP contribution >= 0.6 is 11.3 Å². The van der Waals surface area contributed by atoms with Gasteiger partial charge in [0.25, 0.3) is 5.91 Å². The Hall–Kier alpha value is -2.52. The molecule has 9 heteroatoms. The number of aromatic nitrogens is 4. The van der Waals surface area contributed by atoms with E-state index in [9.17, 15) is 4.79 Å². The van der Waals surface area contributed by atoms with Gasteiger partial charge in [0.1, 0.15) is 5.82 Å². The summed E-state index contributed by atoms with van der Waals surface area (Å²) in [6.45, 7) is 6.08. The van der Waals surface area contributed by atoms with Crippen LogP contribution in [0.4, 0.5) is 5.82 Å². The predicted octanol–water partition coefficient (Wildman–Crippen LogP) is 2.91. The number of nitrogens with zero attached hydrogens (tertiary/aromatic N) is 7. The molecule has 3 aromatic rings. The van der Waals surface area contributed by atoms with Crippen molar-refractivity contribution >= 4 is 28.0 Å². The van der Waals surface area contributed by atoms with Crippen molar-refractivity contribution in [1.29, 1.82) is 0 Å². The molecule has 0 bridgehead atoms. The van der Waals surface area contributed by atoms with E-state index < -0.39 is 0 Å². The second-order valence-electron chi connectivity index (χ2n) is 8.35. The summed E-state index contributed by atoms with van der Waals surface area (Å²) in [4.78, 5) is 34.4. The van der Waals surface area contributed by atoms with E-state index in [2.05, 4.69) is 24.2 Å². The number of hydrogen-bond acceptors (Lipinski definition) is 7. The first-order chi connectivity index (χ1) is 15.3. The Labute approximate surface area is 186 Å². The van der Waals surface area contributed by atoms with Gasteiger partial charge in [-0.05, 0) is 12.8 Å². The molecule has 0 saturated carbocycles. The number of amides is 1. The Bertz CT molecular complexity index is 1000. The highest BCUT2D eigenvalue weighted by molar-refractivity contribution is 7.15. The van der Waals surface area contributed by atoms with Gasteiger partial charge in [0.05, 0.1) is 11.9 Å². The smallest absolute Gasteiger partial charge is 0.274 e. The van der Waals surface area contributed by atoms with Gasteiger partial charge in [0.2, 0.25) is 0 Å². The summed E-state index contributed by atoms with van der Waals surface area (Å²) >= 11 is 1.59. The number of rotatable bonds is 4. The molecular formula is C22H29N7OS. The molecule has 0 unspecified atom stereocenters. The molecule has 31 heavy (non-hydrogen) atoms. The van der Waals surface area contributed by atoms with Gasteiger partial charge < -0.3 is 9.80 Å². The molecule has 2 aliphatic heterocycles. The van der Waals surface area contributed by atoms with Crippen LogP contribution in [0, 0.1) is 0 Å². The van der Waals surface area contributed by atoms with Crippen molar-refractivity contribution in [2.24, 2.45) is 0 Å². The minimum Gasteiger partial charge on any atom is -0.353 e. The van der Waals surface area contributed by atoms with Crippen LogP contribution < -0.4 is 4.90 Å². The van der Waals surface area contributed by atoms with E-state index in [1.807, 2.05) is 22.7 Å². The summed E-state index contributed by atoms with van der Waals surface area (Å²) in [7, 11) is 0. The largest absolute Gasteiger partial charge is 0.353 e. The second-order valence-corrected chi connectivity index (χ2v) is 9.22. The Kier molecular flexibility index (Phi) is 6.13. The Morgan fingerprint density at radius 3 is 2.48 bits per heavy atom. The average molecular weight is 440 g/mol. The number of carbonyl (C=O) groups excluding carboxylic acids is 1. The number of imidazole rings is 1. The van der Waals surface area contributed by atoms with Gasteiger partial charge in [-0.2, -0.15) is 0 Å². The van der Waals surface area contributed by atoms with Gasteiger partial charge in [-0.15, -0.1) is 11.3 Å². The summed E-state index contributed by atoms with van der Waals surface area (Å²) in [6, 6.07) is 0.